The highest BCUT2D eigenvalue weighted by Gasteiger charge is 2.29. The molecule has 0 saturated carbocycles. The maximum Gasteiger partial charge on any atom is 0.274 e. The maximum atomic E-state index is 12.5. The van der Waals surface area contributed by atoms with E-state index in [0.717, 1.165) is 44.6 Å². The molecule has 1 amide bonds. The molecule has 1 N–H and O–H groups in total. The predicted molar refractivity (Wildman–Crippen MR) is 86.7 cm³/mol. The topological polar surface area (TPSA) is 58.4 Å². The first-order valence-electron chi connectivity index (χ1n) is 8.44. The standard InChI is InChI=1S/C17H29N3O2/c1-5-20-13(4)11-15(18-20)17(22)19-8-6-14(7-9-19)16(21)10-12(2)3/h11-12,14,16,21H,5-10H2,1-4H3/t16-/m0/s1. The summed E-state index contributed by atoms with van der Waals surface area (Å²) in [6, 6.07) is 1.87. The normalized spacial score (nSPS) is 18.0. The molecule has 0 bridgehead atoms. The third-order valence-corrected chi connectivity index (χ3v) is 4.58. The Hall–Kier alpha value is -1.36. The van der Waals surface area contributed by atoms with Crippen molar-refractivity contribution in [2.24, 2.45) is 11.8 Å². The van der Waals surface area contributed by atoms with Crippen molar-refractivity contribution in [3.8, 4) is 0 Å². The molecule has 1 atom stereocenters. The Bertz CT molecular complexity index is 502. The summed E-state index contributed by atoms with van der Waals surface area (Å²) < 4.78 is 1.85. The summed E-state index contributed by atoms with van der Waals surface area (Å²) in [6.07, 6.45) is 2.37. The Morgan fingerprint density at radius 1 is 1.41 bits per heavy atom. The van der Waals surface area contributed by atoms with E-state index in [1.54, 1.807) is 0 Å². The van der Waals surface area contributed by atoms with Crippen LogP contribution in [0.1, 0.15) is 56.2 Å². The van der Waals surface area contributed by atoms with Crippen LogP contribution in [0.5, 0.6) is 0 Å². The third kappa shape index (κ3) is 3.88. The lowest BCUT2D eigenvalue weighted by atomic mass is 9.87. The number of piperidine rings is 1. The van der Waals surface area contributed by atoms with Crippen LogP contribution < -0.4 is 0 Å². The third-order valence-electron chi connectivity index (χ3n) is 4.58. The van der Waals surface area contributed by atoms with Crippen molar-refractivity contribution in [2.45, 2.75) is 59.6 Å². The molecule has 1 saturated heterocycles. The van der Waals surface area contributed by atoms with E-state index in [2.05, 4.69) is 18.9 Å². The summed E-state index contributed by atoms with van der Waals surface area (Å²) in [5.74, 6) is 0.851. The molecule has 1 aliphatic rings. The van der Waals surface area contributed by atoms with Crippen molar-refractivity contribution in [1.82, 2.24) is 14.7 Å². The number of nitrogens with zero attached hydrogens (tertiary/aromatic N) is 3. The van der Waals surface area contributed by atoms with Crippen LogP contribution in [0.15, 0.2) is 6.07 Å². The Kier molecular flexibility index (Phi) is 5.62. The van der Waals surface area contributed by atoms with Gasteiger partial charge in [-0.15, -0.1) is 0 Å². The van der Waals surface area contributed by atoms with Crippen molar-refractivity contribution in [3.05, 3.63) is 17.5 Å². The number of rotatable bonds is 5. The number of amides is 1. The number of aromatic nitrogens is 2. The fourth-order valence-corrected chi connectivity index (χ4v) is 3.26. The molecule has 1 aromatic rings. The van der Waals surface area contributed by atoms with Gasteiger partial charge >= 0.3 is 0 Å². The van der Waals surface area contributed by atoms with Crippen molar-refractivity contribution < 1.29 is 9.90 Å². The molecule has 2 rings (SSSR count). The number of likely N-dealkylation sites (tertiary alicyclic amines) is 1. The molecule has 0 spiro atoms. The number of hydrogen-bond acceptors (Lipinski definition) is 3. The second-order valence-corrected chi connectivity index (χ2v) is 6.81. The van der Waals surface area contributed by atoms with E-state index >= 15 is 0 Å². The quantitative estimate of drug-likeness (QED) is 0.909. The average Bonchev–Trinajstić information content (AvgIpc) is 2.87. The van der Waals surface area contributed by atoms with Gasteiger partial charge in [0.15, 0.2) is 5.69 Å². The Morgan fingerprint density at radius 3 is 2.55 bits per heavy atom. The summed E-state index contributed by atoms with van der Waals surface area (Å²) >= 11 is 0. The van der Waals surface area contributed by atoms with Crippen LogP contribution in [0.4, 0.5) is 0 Å². The lowest BCUT2D eigenvalue weighted by Crippen LogP contribution is -2.41. The molecule has 0 aliphatic carbocycles. The largest absolute Gasteiger partial charge is 0.393 e. The van der Waals surface area contributed by atoms with Crippen LogP contribution >= 0.6 is 0 Å². The zero-order valence-electron chi connectivity index (χ0n) is 14.2. The molecule has 0 radical (unpaired) electrons. The van der Waals surface area contributed by atoms with E-state index in [1.165, 1.54) is 0 Å². The second kappa shape index (κ2) is 7.27. The van der Waals surface area contributed by atoms with Gasteiger partial charge in [-0.05, 0) is 51.0 Å². The van der Waals surface area contributed by atoms with Crippen LogP contribution in [0.3, 0.4) is 0 Å². The molecular weight excluding hydrogens is 278 g/mol. The Balaban J connectivity index is 1.92. The monoisotopic (exact) mass is 307 g/mol. The van der Waals surface area contributed by atoms with E-state index < -0.39 is 0 Å². The highest BCUT2D eigenvalue weighted by molar-refractivity contribution is 5.92. The molecule has 5 nitrogen and oxygen atoms in total. The predicted octanol–water partition coefficient (Wildman–Crippen LogP) is 2.47. The van der Waals surface area contributed by atoms with Gasteiger partial charge in [-0.1, -0.05) is 13.8 Å². The van der Waals surface area contributed by atoms with E-state index in [1.807, 2.05) is 29.5 Å². The first-order valence-corrected chi connectivity index (χ1v) is 8.44. The van der Waals surface area contributed by atoms with Gasteiger partial charge in [-0.3, -0.25) is 9.48 Å². The van der Waals surface area contributed by atoms with Gasteiger partial charge in [0.25, 0.3) is 5.91 Å². The lowest BCUT2D eigenvalue weighted by molar-refractivity contribution is 0.0382. The molecule has 1 aromatic heterocycles. The summed E-state index contributed by atoms with van der Waals surface area (Å²) in [5, 5.41) is 14.6. The van der Waals surface area contributed by atoms with Crippen LogP contribution in [-0.4, -0.2) is 44.9 Å². The van der Waals surface area contributed by atoms with Crippen LogP contribution in [0.25, 0.3) is 0 Å². The van der Waals surface area contributed by atoms with Crippen molar-refractivity contribution >= 4 is 5.91 Å². The lowest BCUT2D eigenvalue weighted by Gasteiger charge is -2.34. The smallest absolute Gasteiger partial charge is 0.274 e. The molecule has 1 aliphatic heterocycles. The van der Waals surface area contributed by atoms with Crippen LogP contribution in [0, 0.1) is 18.8 Å². The first kappa shape index (κ1) is 17.0. The zero-order valence-corrected chi connectivity index (χ0v) is 14.2. The molecule has 2 heterocycles. The summed E-state index contributed by atoms with van der Waals surface area (Å²) in [5.41, 5.74) is 1.56. The van der Waals surface area contributed by atoms with Gasteiger partial charge in [0.1, 0.15) is 0 Å². The zero-order chi connectivity index (χ0) is 16.3. The number of carbonyl (C=O) groups excluding carboxylic acids is 1. The molecule has 22 heavy (non-hydrogen) atoms. The summed E-state index contributed by atoms with van der Waals surface area (Å²) in [6.45, 7) is 10.5. The van der Waals surface area contributed by atoms with Crippen LogP contribution in [0.2, 0.25) is 0 Å². The number of carbonyl (C=O) groups is 1. The minimum Gasteiger partial charge on any atom is -0.393 e. The highest BCUT2D eigenvalue weighted by atomic mass is 16.3. The molecule has 5 heteroatoms. The van der Waals surface area contributed by atoms with Crippen molar-refractivity contribution in [2.75, 3.05) is 13.1 Å². The minimum absolute atomic E-state index is 0.0205. The van der Waals surface area contributed by atoms with Gasteiger partial charge in [0.2, 0.25) is 0 Å². The second-order valence-electron chi connectivity index (χ2n) is 6.81. The van der Waals surface area contributed by atoms with Gasteiger partial charge in [0, 0.05) is 25.3 Å². The summed E-state index contributed by atoms with van der Waals surface area (Å²) in [4.78, 5) is 14.4. The van der Waals surface area contributed by atoms with E-state index in [0.29, 0.717) is 17.5 Å². The number of aliphatic hydroxyl groups excluding tert-OH is 1. The SMILES string of the molecule is CCn1nc(C(=O)N2CCC([C@@H](O)CC(C)C)CC2)cc1C. The highest BCUT2D eigenvalue weighted by Crippen LogP contribution is 2.25. The Morgan fingerprint density at radius 2 is 2.05 bits per heavy atom. The Labute approximate surface area is 133 Å². The van der Waals surface area contributed by atoms with E-state index in [-0.39, 0.29) is 12.0 Å². The fraction of sp³-hybridized carbons (Fsp3) is 0.765. The minimum atomic E-state index is -0.237. The molecule has 0 aromatic carbocycles. The molecular formula is C17H29N3O2. The van der Waals surface area contributed by atoms with Gasteiger partial charge in [-0.25, -0.2) is 0 Å². The van der Waals surface area contributed by atoms with Crippen molar-refractivity contribution in [1.29, 1.82) is 0 Å². The van der Waals surface area contributed by atoms with Crippen molar-refractivity contribution in [3.63, 3.8) is 0 Å². The van der Waals surface area contributed by atoms with E-state index in [4.69, 9.17) is 0 Å². The number of hydrogen-bond donors (Lipinski definition) is 1. The first-order chi connectivity index (χ1) is 10.4. The fourth-order valence-electron chi connectivity index (χ4n) is 3.26. The average molecular weight is 307 g/mol. The number of aliphatic hydroxyl groups is 1. The summed E-state index contributed by atoms with van der Waals surface area (Å²) in [7, 11) is 0. The number of aryl methyl sites for hydroxylation is 2. The van der Waals surface area contributed by atoms with E-state index in [9.17, 15) is 9.90 Å². The van der Waals surface area contributed by atoms with Gasteiger partial charge in [0.05, 0.1) is 6.10 Å². The van der Waals surface area contributed by atoms with Crippen LogP contribution in [-0.2, 0) is 6.54 Å². The maximum absolute atomic E-state index is 12.5. The van der Waals surface area contributed by atoms with Gasteiger partial charge in [-0.2, -0.15) is 5.10 Å². The molecule has 0 unspecified atom stereocenters. The van der Waals surface area contributed by atoms with Gasteiger partial charge < -0.3 is 10.0 Å². The molecule has 124 valence electrons. The molecule has 1 fully saturated rings.